The van der Waals surface area contributed by atoms with Crippen molar-refractivity contribution in [3.05, 3.63) is 35.4 Å². The molecule has 2 aromatic rings. The van der Waals surface area contributed by atoms with Crippen LogP contribution in [0.5, 0.6) is 5.75 Å². The Labute approximate surface area is 97.1 Å². The fourth-order valence-corrected chi connectivity index (χ4v) is 1.61. The number of aromatic nitrogens is 2. The van der Waals surface area contributed by atoms with E-state index in [2.05, 4.69) is 5.10 Å². The zero-order valence-electron chi connectivity index (χ0n) is 8.61. The summed E-state index contributed by atoms with van der Waals surface area (Å²) >= 11 is 5.66. The Morgan fingerprint density at radius 3 is 2.88 bits per heavy atom. The van der Waals surface area contributed by atoms with E-state index in [1.165, 1.54) is 6.07 Å². The number of halogens is 2. The van der Waals surface area contributed by atoms with Crippen LogP contribution in [0.25, 0.3) is 11.1 Å². The lowest BCUT2D eigenvalue weighted by molar-refractivity contribution is 0.471. The molecule has 0 saturated carbocycles. The Kier molecular flexibility index (Phi) is 2.83. The van der Waals surface area contributed by atoms with Gasteiger partial charge in [-0.05, 0) is 13.0 Å². The lowest BCUT2D eigenvalue weighted by Crippen LogP contribution is -1.92. The summed E-state index contributed by atoms with van der Waals surface area (Å²) in [5.74, 6) is -0.775. The van der Waals surface area contributed by atoms with E-state index < -0.39 is 5.82 Å². The topological polar surface area (TPSA) is 38.0 Å². The molecule has 0 aliphatic heterocycles. The Bertz CT molecular complexity index is 525. The van der Waals surface area contributed by atoms with Gasteiger partial charge in [0.1, 0.15) is 11.6 Å². The van der Waals surface area contributed by atoms with Crippen LogP contribution in [0.15, 0.2) is 24.5 Å². The van der Waals surface area contributed by atoms with Crippen LogP contribution < -0.4 is 0 Å². The first kappa shape index (κ1) is 11.0. The lowest BCUT2D eigenvalue weighted by Gasteiger charge is -2.03. The highest BCUT2D eigenvalue weighted by molar-refractivity contribution is 6.31. The molecule has 0 amide bonds. The summed E-state index contributed by atoms with van der Waals surface area (Å²) in [6.45, 7) is 2.68. The maximum Gasteiger partial charge on any atom is 0.145 e. The molecule has 0 aliphatic rings. The normalized spacial score (nSPS) is 10.7. The second kappa shape index (κ2) is 4.14. The van der Waals surface area contributed by atoms with Crippen LogP contribution in [0, 0.1) is 5.82 Å². The van der Waals surface area contributed by atoms with Gasteiger partial charge in [-0.2, -0.15) is 5.10 Å². The van der Waals surface area contributed by atoms with E-state index in [9.17, 15) is 9.50 Å². The Balaban J connectivity index is 2.51. The predicted octanol–water partition coefficient (Wildman–Crippen LogP) is 3.07. The molecular weight excluding hydrogens is 231 g/mol. The van der Waals surface area contributed by atoms with E-state index in [4.69, 9.17) is 11.6 Å². The van der Waals surface area contributed by atoms with Crippen molar-refractivity contribution in [1.29, 1.82) is 0 Å². The van der Waals surface area contributed by atoms with E-state index in [0.29, 0.717) is 11.1 Å². The van der Waals surface area contributed by atoms with Gasteiger partial charge in [0, 0.05) is 29.9 Å². The van der Waals surface area contributed by atoms with Crippen molar-refractivity contribution in [3.8, 4) is 16.9 Å². The summed E-state index contributed by atoms with van der Waals surface area (Å²) in [4.78, 5) is 0. The first-order valence-electron chi connectivity index (χ1n) is 4.82. The number of phenols is 1. The molecular formula is C11H10ClFN2O. The number of rotatable bonds is 2. The molecule has 5 heteroatoms. The number of aryl methyl sites for hydroxylation is 1. The molecule has 0 atom stereocenters. The highest BCUT2D eigenvalue weighted by atomic mass is 35.5. The molecule has 3 nitrogen and oxygen atoms in total. The van der Waals surface area contributed by atoms with Gasteiger partial charge in [0.2, 0.25) is 0 Å². The summed E-state index contributed by atoms with van der Waals surface area (Å²) in [7, 11) is 0. The molecule has 84 valence electrons. The fraction of sp³-hybridized carbons (Fsp3) is 0.182. The first-order valence-corrected chi connectivity index (χ1v) is 5.20. The average molecular weight is 241 g/mol. The van der Waals surface area contributed by atoms with Crippen LogP contribution >= 0.6 is 11.6 Å². The molecule has 16 heavy (non-hydrogen) atoms. The SMILES string of the molecule is CCn1cc(-c2cc(Cl)c(F)cc2O)cn1. The zero-order chi connectivity index (χ0) is 11.7. The summed E-state index contributed by atoms with van der Waals surface area (Å²) in [6, 6.07) is 2.39. The maximum absolute atomic E-state index is 13.0. The molecule has 0 aliphatic carbocycles. The summed E-state index contributed by atoms with van der Waals surface area (Å²) in [5, 5.41) is 13.7. The van der Waals surface area contributed by atoms with Crippen LogP contribution in [0.2, 0.25) is 5.02 Å². The molecule has 1 N–H and O–H groups in total. The van der Waals surface area contributed by atoms with Crippen molar-refractivity contribution in [2.75, 3.05) is 0 Å². The molecule has 0 radical (unpaired) electrons. The molecule has 0 bridgehead atoms. The lowest BCUT2D eigenvalue weighted by atomic mass is 10.1. The second-order valence-electron chi connectivity index (χ2n) is 3.37. The van der Waals surface area contributed by atoms with E-state index in [1.807, 2.05) is 6.92 Å². The summed E-state index contributed by atoms with van der Waals surface area (Å²) in [6.07, 6.45) is 3.37. The predicted molar refractivity (Wildman–Crippen MR) is 60.0 cm³/mol. The number of phenolic OH excluding ortho intramolecular Hbond substituents is 1. The van der Waals surface area contributed by atoms with Crippen LogP contribution in [0.4, 0.5) is 4.39 Å². The van der Waals surface area contributed by atoms with Gasteiger partial charge in [0.05, 0.1) is 11.2 Å². The van der Waals surface area contributed by atoms with Gasteiger partial charge in [-0.25, -0.2) is 4.39 Å². The molecule has 0 unspecified atom stereocenters. The minimum atomic E-state index is -0.634. The van der Waals surface area contributed by atoms with Crippen molar-refractivity contribution >= 4 is 11.6 Å². The molecule has 0 fully saturated rings. The third-order valence-electron chi connectivity index (χ3n) is 2.31. The molecule has 1 aromatic heterocycles. The van der Waals surface area contributed by atoms with Gasteiger partial charge in [0.25, 0.3) is 0 Å². The average Bonchev–Trinajstić information content (AvgIpc) is 2.71. The number of aromatic hydroxyl groups is 1. The molecule has 2 rings (SSSR count). The van der Waals surface area contributed by atoms with E-state index >= 15 is 0 Å². The number of nitrogens with zero attached hydrogens (tertiary/aromatic N) is 2. The third kappa shape index (κ3) is 1.88. The van der Waals surface area contributed by atoms with Crippen molar-refractivity contribution in [3.63, 3.8) is 0 Å². The molecule has 1 heterocycles. The number of benzene rings is 1. The molecule has 1 aromatic carbocycles. The minimum Gasteiger partial charge on any atom is -0.507 e. The van der Waals surface area contributed by atoms with Gasteiger partial charge < -0.3 is 5.11 Å². The maximum atomic E-state index is 13.0. The van der Waals surface area contributed by atoms with Crippen LogP contribution in [-0.2, 0) is 6.54 Å². The third-order valence-corrected chi connectivity index (χ3v) is 2.60. The van der Waals surface area contributed by atoms with Gasteiger partial charge in [-0.1, -0.05) is 11.6 Å². The smallest absolute Gasteiger partial charge is 0.145 e. The number of hydrogen-bond acceptors (Lipinski definition) is 2. The van der Waals surface area contributed by atoms with Gasteiger partial charge in [-0.15, -0.1) is 0 Å². The van der Waals surface area contributed by atoms with E-state index in [1.54, 1.807) is 17.1 Å². The van der Waals surface area contributed by atoms with Crippen LogP contribution in [0.3, 0.4) is 0 Å². The Morgan fingerprint density at radius 1 is 1.50 bits per heavy atom. The van der Waals surface area contributed by atoms with E-state index in [0.717, 1.165) is 12.6 Å². The van der Waals surface area contributed by atoms with Gasteiger partial charge in [-0.3, -0.25) is 4.68 Å². The highest BCUT2D eigenvalue weighted by Crippen LogP contribution is 2.33. The quantitative estimate of drug-likeness (QED) is 0.876. The highest BCUT2D eigenvalue weighted by Gasteiger charge is 2.11. The monoisotopic (exact) mass is 240 g/mol. The zero-order valence-corrected chi connectivity index (χ0v) is 9.37. The van der Waals surface area contributed by atoms with Gasteiger partial charge in [0.15, 0.2) is 0 Å². The van der Waals surface area contributed by atoms with E-state index in [-0.39, 0.29) is 10.8 Å². The summed E-state index contributed by atoms with van der Waals surface area (Å²) in [5.41, 5.74) is 1.19. The van der Waals surface area contributed by atoms with Crippen molar-refractivity contribution in [1.82, 2.24) is 9.78 Å². The fourth-order valence-electron chi connectivity index (χ4n) is 1.44. The number of hydrogen-bond donors (Lipinski definition) is 1. The van der Waals surface area contributed by atoms with Crippen molar-refractivity contribution in [2.45, 2.75) is 13.5 Å². The standard InChI is InChI=1S/C11H10ClFN2O/c1-2-15-6-7(5-14-15)8-3-9(12)10(13)4-11(8)16/h3-6,16H,2H2,1H3. The van der Waals surface area contributed by atoms with Gasteiger partial charge >= 0.3 is 0 Å². The van der Waals surface area contributed by atoms with Crippen molar-refractivity contribution in [2.24, 2.45) is 0 Å². The summed E-state index contributed by atoms with van der Waals surface area (Å²) < 4.78 is 14.7. The Morgan fingerprint density at radius 2 is 2.25 bits per heavy atom. The Hall–Kier alpha value is -1.55. The minimum absolute atomic E-state index is 0.0166. The largest absolute Gasteiger partial charge is 0.507 e. The van der Waals surface area contributed by atoms with Crippen LogP contribution in [-0.4, -0.2) is 14.9 Å². The molecule has 0 spiro atoms. The molecule has 0 saturated heterocycles. The second-order valence-corrected chi connectivity index (χ2v) is 3.78. The first-order chi connectivity index (χ1) is 7.61. The van der Waals surface area contributed by atoms with Crippen molar-refractivity contribution < 1.29 is 9.50 Å². The van der Waals surface area contributed by atoms with Crippen LogP contribution in [0.1, 0.15) is 6.92 Å².